The maximum Gasteiger partial charge on any atom is 0.327 e. The van der Waals surface area contributed by atoms with E-state index in [4.69, 9.17) is 4.74 Å². The van der Waals surface area contributed by atoms with Crippen molar-refractivity contribution in [2.45, 2.75) is 19.4 Å². The van der Waals surface area contributed by atoms with Crippen LogP contribution in [-0.2, 0) is 16.0 Å². The summed E-state index contributed by atoms with van der Waals surface area (Å²) in [5.41, 5.74) is 3.81. The van der Waals surface area contributed by atoms with E-state index in [2.05, 4.69) is 26.6 Å². The molecule has 5 rings (SSSR count). The Kier molecular flexibility index (Phi) is 8.69. The van der Waals surface area contributed by atoms with Crippen molar-refractivity contribution >= 4 is 45.1 Å². The molecule has 40 heavy (non-hydrogen) atoms. The maximum absolute atomic E-state index is 13.1. The number of rotatable bonds is 8. The average molecular weight is 559 g/mol. The lowest BCUT2D eigenvalue weighted by molar-refractivity contribution is -0.145. The average Bonchev–Trinajstić information content (AvgIpc) is 3.47. The number of hydrogen-bond acceptors (Lipinski definition) is 7. The van der Waals surface area contributed by atoms with Crippen LogP contribution in [0.25, 0.3) is 21.2 Å². The first-order chi connectivity index (χ1) is 19.4. The minimum atomic E-state index is -0.486. The van der Waals surface area contributed by atoms with E-state index in [9.17, 15) is 9.59 Å². The number of benzene rings is 2. The van der Waals surface area contributed by atoms with Crippen LogP contribution in [-0.4, -0.2) is 84.1 Å². The largest absolute Gasteiger partial charge is 0.368 e. The number of anilines is 2. The van der Waals surface area contributed by atoms with Gasteiger partial charge in [-0.2, -0.15) is 4.37 Å². The van der Waals surface area contributed by atoms with E-state index >= 15 is 0 Å². The summed E-state index contributed by atoms with van der Waals surface area (Å²) in [7, 11) is 3.81. The molecule has 4 aromatic rings. The summed E-state index contributed by atoms with van der Waals surface area (Å²) in [5.74, 6) is 0.557. The number of fused-ring (bicyclic) bond motifs is 1. The van der Waals surface area contributed by atoms with Gasteiger partial charge in [-0.15, -0.1) is 0 Å². The molecule has 2 aromatic heterocycles. The third-order valence-corrected chi connectivity index (χ3v) is 7.98. The standard InChI is InChI=1S/C30H34N6O3S/c1-4-39-26(29(37)36-16-14-34(2)15-17-36)18-21-8-10-22(11-9-21)23-6-5-7-24(19-23)35(3)30(38)33-28-25-20-32-40-27(25)12-13-31-28/h5-13,19-20,26H,4,14-18H2,1-3H3,(H,31,33,38). The van der Waals surface area contributed by atoms with Crippen LogP contribution in [0, 0.1) is 0 Å². The molecular formula is C30H34N6O3S. The molecule has 10 heteroatoms. The van der Waals surface area contributed by atoms with Crippen LogP contribution < -0.4 is 10.2 Å². The lowest BCUT2D eigenvalue weighted by atomic mass is 10.0. The first-order valence-corrected chi connectivity index (χ1v) is 14.2. The Morgan fingerprint density at radius 1 is 1.07 bits per heavy atom. The van der Waals surface area contributed by atoms with E-state index in [1.165, 1.54) is 11.5 Å². The molecular weight excluding hydrogens is 524 g/mol. The van der Waals surface area contributed by atoms with Crippen LogP contribution in [0.1, 0.15) is 12.5 Å². The Labute approximate surface area is 238 Å². The number of urea groups is 1. The Balaban J connectivity index is 1.25. The van der Waals surface area contributed by atoms with E-state index in [-0.39, 0.29) is 11.9 Å². The molecule has 0 radical (unpaired) electrons. The number of piperazine rings is 1. The normalized spacial score (nSPS) is 14.7. The summed E-state index contributed by atoms with van der Waals surface area (Å²) in [6, 6.07) is 17.6. The number of ether oxygens (including phenoxy) is 1. The minimum Gasteiger partial charge on any atom is -0.368 e. The van der Waals surface area contributed by atoms with Gasteiger partial charge in [0.25, 0.3) is 5.91 Å². The molecule has 1 aliphatic heterocycles. The molecule has 3 amide bonds. The molecule has 1 saturated heterocycles. The Bertz CT molecular complexity index is 1470. The molecule has 0 aliphatic carbocycles. The van der Waals surface area contributed by atoms with Crippen LogP contribution in [0.15, 0.2) is 67.0 Å². The van der Waals surface area contributed by atoms with Gasteiger partial charge in [0.2, 0.25) is 0 Å². The zero-order valence-corrected chi connectivity index (χ0v) is 23.9. The molecule has 1 atom stereocenters. The molecule has 1 N–H and O–H groups in total. The zero-order chi connectivity index (χ0) is 28.1. The van der Waals surface area contributed by atoms with Crippen molar-refractivity contribution in [2.24, 2.45) is 0 Å². The number of amides is 3. The van der Waals surface area contributed by atoms with Gasteiger partial charge in [-0.05, 0) is 60.4 Å². The first kappa shape index (κ1) is 27.7. The van der Waals surface area contributed by atoms with Gasteiger partial charge in [0.05, 0.1) is 16.3 Å². The third-order valence-electron chi connectivity index (χ3n) is 7.21. The van der Waals surface area contributed by atoms with E-state index < -0.39 is 6.10 Å². The summed E-state index contributed by atoms with van der Waals surface area (Å²) in [5, 5.41) is 3.72. The number of likely N-dealkylation sites (N-methyl/N-ethyl adjacent to an activating group) is 1. The van der Waals surface area contributed by atoms with Crippen LogP contribution in [0.3, 0.4) is 0 Å². The molecule has 0 saturated carbocycles. The van der Waals surface area contributed by atoms with Crippen molar-refractivity contribution in [2.75, 3.05) is 57.1 Å². The van der Waals surface area contributed by atoms with Gasteiger partial charge < -0.3 is 14.5 Å². The summed E-state index contributed by atoms with van der Waals surface area (Å²) in [6.07, 6.45) is 3.42. The monoisotopic (exact) mass is 558 g/mol. The second-order valence-electron chi connectivity index (χ2n) is 9.91. The lowest BCUT2D eigenvalue weighted by Crippen LogP contribution is -2.51. The lowest BCUT2D eigenvalue weighted by Gasteiger charge is -2.34. The van der Waals surface area contributed by atoms with Gasteiger partial charge in [-0.1, -0.05) is 36.4 Å². The highest BCUT2D eigenvalue weighted by atomic mass is 32.1. The van der Waals surface area contributed by atoms with Crippen molar-refractivity contribution < 1.29 is 14.3 Å². The maximum atomic E-state index is 13.1. The number of nitrogens with one attached hydrogen (secondary N) is 1. The SMILES string of the molecule is CCOC(Cc1ccc(-c2cccc(N(C)C(=O)Nc3nccc4sncc34)c2)cc1)C(=O)N1CCN(C)CC1. The van der Waals surface area contributed by atoms with Crippen LogP contribution >= 0.6 is 11.5 Å². The predicted octanol–water partition coefficient (Wildman–Crippen LogP) is 4.75. The van der Waals surface area contributed by atoms with Gasteiger partial charge in [0, 0.05) is 58.1 Å². The molecule has 1 fully saturated rings. The van der Waals surface area contributed by atoms with Crippen molar-refractivity contribution in [3.63, 3.8) is 0 Å². The number of nitrogens with zero attached hydrogens (tertiary/aromatic N) is 5. The molecule has 0 spiro atoms. The van der Waals surface area contributed by atoms with Crippen LogP contribution in [0.5, 0.6) is 0 Å². The highest BCUT2D eigenvalue weighted by Crippen LogP contribution is 2.27. The van der Waals surface area contributed by atoms with Gasteiger partial charge in [0.15, 0.2) is 0 Å². The topological polar surface area (TPSA) is 90.9 Å². The summed E-state index contributed by atoms with van der Waals surface area (Å²) in [6.45, 7) is 5.65. The smallest absolute Gasteiger partial charge is 0.327 e. The summed E-state index contributed by atoms with van der Waals surface area (Å²) >= 11 is 1.36. The van der Waals surface area contributed by atoms with Crippen LogP contribution in [0.2, 0.25) is 0 Å². The third kappa shape index (κ3) is 6.30. The van der Waals surface area contributed by atoms with Gasteiger partial charge in [0.1, 0.15) is 11.9 Å². The van der Waals surface area contributed by atoms with Gasteiger partial charge >= 0.3 is 6.03 Å². The number of pyridine rings is 1. The fourth-order valence-corrected chi connectivity index (χ4v) is 5.43. The fraction of sp³-hybridized carbons (Fsp3) is 0.333. The summed E-state index contributed by atoms with van der Waals surface area (Å²) in [4.78, 5) is 36.2. The quantitative estimate of drug-likeness (QED) is 0.336. The van der Waals surface area contributed by atoms with Crippen molar-refractivity contribution in [1.82, 2.24) is 19.2 Å². The van der Waals surface area contributed by atoms with Crippen LogP contribution in [0.4, 0.5) is 16.3 Å². The van der Waals surface area contributed by atoms with Gasteiger partial charge in [-0.25, -0.2) is 9.78 Å². The fourth-order valence-electron chi connectivity index (χ4n) is 4.79. The van der Waals surface area contributed by atoms with Crippen molar-refractivity contribution in [3.8, 4) is 11.1 Å². The Morgan fingerprint density at radius 3 is 2.60 bits per heavy atom. The van der Waals surface area contributed by atoms with Crippen molar-refractivity contribution in [3.05, 3.63) is 72.6 Å². The predicted molar refractivity (Wildman–Crippen MR) is 160 cm³/mol. The van der Waals surface area contributed by atoms with E-state index in [1.54, 1.807) is 24.3 Å². The minimum absolute atomic E-state index is 0.0646. The number of carbonyl (C=O) groups is 2. The second kappa shape index (κ2) is 12.5. The molecule has 9 nitrogen and oxygen atoms in total. The Hall–Kier alpha value is -3.86. The second-order valence-corrected chi connectivity index (χ2v) is 10.7. The summed E-state index contributed by atoms with van der Waals surface area (Å²) < 4.78 is 11.0. The van der Waals surface area contributed by atoms with E-state index in [1.807, 2.05) is 66.4 Å². The zero-order valence-electron chi connectivity index (χ0n) is 23.0. The van der Waals surface area contributed by atoms with Crippen molar-refractivity contribution in [1.29, 1.82) is 0 Å². The number of hydrogen-bond donors (Lipinski definition) is 1. The highest BCUT2D eigenvalue weighted by molar-refractivity contribution is 7.13. The first-order valence-electron chi connectivity index (χ1n) is 13.5. The number of aromatic nitrogens is 2. The Morgan fingerprint density at radius 2 is 1.85 bits per heavy atom. The van der Waals surface area contributed by atoms with E-state index in [0.717, 1.165) is 58.6 Å². The highest BCUT2D eigenvalue weighted by Gasteiger charge is 2.27. The van der Waals surface area contributed by atoms with Gasteiger partial charge in [-0.3, -0.25) is 15.0 Å². The molecule has 3 heterocycles. The number of carbonyl (C=O) groups excluding carboxylic acids is 2. The molecule has 0 bridgehead atoms. The molecule has 1 aliphatic rings. The molecule has 2 aromatic carbocycles. The van der Waals surface area contributed by atoms with E-state index in [0.29, 0.717) is 18.8 Å². The molecule has 1 unspecified atom stereocenters. The molecule has 208 valence electrons.